The van der Waals surface area contributed by atoms with Crippen LogP contribution in [-0.4, -0.2) is 35.2 Å². The van der Waals surface area contributed by atoms with E-state index in [0.717, 1.165) is 5.56 Å². The molecule has 124 valence electrons. The Hall–Kier alpha value is -3.16. The molecule has 0 radical (unpaired) electrons. The Morgan fingerprint density at radius 1 is 1.50 bits per heavy atom. The van der Waals surface area contributed by atoms with Gasteiger partial charge in [0.15, 0.2) is 11.1 Å². The van der Waals surface area contributed by atoms with Crippen molar-refractivity contribution in [1.29, 1.82) is 10.7 Å². The van der Waals surface area contributed by atoms with Crippen LogP contribution in [0.4, 0.5) is 10.8 Å². The van der Waals surface area contributed by atoms with Crippen molar-refractivity contribution in [2.24, 2.45) is 16.5 Å². The van der Waals surface area contributed by atoms with Gasteiger partial charge < -0.3 is 26.8 Å². The second-order valence-electron chi connectivity index (χ2n) is 4.57. The minimum atomic E-state index is -0.181. The third kappa shape index (κ3) is 4.19. The zero-order valence-electron chi connectivity index (χ0n) is 12.6. The summed E-state index contributed by atoms with van der Waals surface area (Å²) in [6, 6.07) is 7.29. The molecule has 1 heterocycles. The average Bonchev–Trinajstić information content (AvgIpc) is 3.00. The van der Waals surface area contributed by atoms with Crippen molar-refractivity contribution in [3.63, 3.8) is 0 Å². The number of aliphatic hydroxyl groups is 1. The number of benzene rings is 1. The van der Waals surface area contributed by atoms with Crippen LogP contribution in [0.1, 0.15) is 0 Å². The van der Waals surface area contributed by atoms with Crippen LogP contribution in [0.5, 0.6) is 0 Å². The van der Waals surface area contributed by atoms with Crippen LogP contribution in [0.2, 0.25) is 0 Å². The molecule has 0 saturated heterocycles. The number of nitrogens with zero attached hydrogens (tertiary/aromatic N) is 4. The number of aromatic nitrogens is 1. The van der Waals surface area contributed by atoms with E-state index in [1.807, 2.05) is 23.6 Å². The van der Waals surface area contributed by atoms with Crippen molar-refractivity contribution >= 4 is 34.1 Å². The predicted octanol–water partition coefficient (Wildman–Crippen LogP) is 0.710. The number of anilines is 2. The summed E-state index contributed by atoms with van der Waals surface area (Å²) >= 11 is 1.32. The Bertz CT molecular complexity index is 794. The maximum absolute atomic E-state index is 9.20. The molecule has 1 aromatic carbocycles. The lowest BCUT2D eigenvalue weighted by atomic mass is 10.1. The fourth-order valence-corrected chi connectivity index (χ4v) is 2.73. The van der Waals surface area contributed by atoms with Crippen molar-refractivity contribution in [1.82, 2.24) is 4.98 Å². The molecular formula is C14H16N8OS. The van der Waals surface area contributed by atoms with Crippen LogP contribution in [0, 0.1) is 16.9 Å². The smallest absolute Gasteiger partial charge is 0.211 e. The number of nitrogens with one attached hydrogen (secondary N) is 2. The van der Waals surface area contributed by atoms with Crippen LogP contribution < -0.4 is 21.7 Å². The number of nitriles is 1. The molecule has 0 aliphatic rings. The van der Waals surface area contributed by atoms with Gasteiger partial charge in [0.2, 0.25) is 12.2 Å². The van der Waals surface area contributed by atoms with Gasteiger partial charge in [0.25, 0.3) is 0 Å². The fourth-order valence-electron chi connectivity index (χ4n) is 2.00. The summed E-state index contributed by atoms with van der Waals surface area (Å²) < 4.78 is 0. The van der Waals surface area contributed by atoms with E-state index in [-0.39, 0.29) is 25.1 Å². The summed E-state index contributed by atoms with van der Waals surface area (Å²) in [6.45, 7) is 0.0595. The molecular weight excluding hydrogens is 328 g/mol. The topological polar surface area (TPSA) is 160 Å². The summed E-state index contributed by atoms with van der Waals surface area (Å²) in [5.41, 5.74) is 13.2. The molecule has 2 aromatic rings. The van der Waals surface area contributed by atoms with Gasteiger partial charge in [-0.15, -0.1) is 16.3 Å². The molecule has 0 fully saturated rings. The lowest BCUT2D eigenvalue weighted by molar-refractivity contribution is 0.306. The molecule has 9 nitrogen and oxygen atoms in total. The quantitative estimate of drug-likeness (QED) is 0.303. The van der Waals surface area contributed by atoms with Crippen molar-refractivity contribution in [3.8, 4) is 17.5 Å². The molecule has 10 heteroatoms. The summed E-state index contributed by atoms with van der Waals surface area (Å²) in [7, 11) is 0. The van der Waals surface area contributed by atoms with Crippen molar-refractivity contribution < 1.29 is 5.11 Å². The molecule has 2 rings (SSSR count). The monoisotopic (exact) mass is 344 g/mol. The molecule has 1 aromatic heterocycles. The molecule has 0 aliphatic carbocycles. The standard InChI is InChI=1S/C14H16N8OS/c15-8-19-13(18)22(4-5-23)10-3-1-2-9(6-10)11-7-24-14(20-11)21-12(16)17/h1-3,6-7,23H,4-5H2,(H2,18,19)(H4,16,17,20,21). The van der Waals surface area contributed by atoms with E-state index < -0.39 is 0 Å². The second kappa shape index (κ2) is 7.91. The first-order valence-corrected chi connectivity index (χ1v) is 7.70. The number of thiazole rings is 1. The second-order valence-corrected chi connectivity index (χ2v) is 5.43. The highest BCUT2D eigenvalue weighted by Gasteiger charge is 2.12. The Morgan fingerprint density at radius 3 is 2.96 bits per heavy atom. The van der Waals surface area contributed by atoms with Crippen LogP contribution in [0.25, 0.3) is 11.3 Å². The minimum Gasteiger partial charge on any atom is -0.395 e. The zero-order chi connectivity index (χ0) is 17.5. The van der Waals surface area contributed by atoms with E-state index in [1.54, 1.807) is 12.3 Å². The fraction of sp³-hybridized carbons (Fsp3) is 0.143. The van der Waals surface area contributed by atoms with Crippen molar-refractivity contribution in [2.75, 3.05) is 23.4 Å². The summed E-state index contributed by atoms with van der Waals surface area (Å²) in [6.07, 6.45) is 1.63. The van der Waals surface area contributed by atoms with Gasteiger partial charge in [0.05, 0.1) is 12.3 Å². The van der Waals surface area contributed by atoms with Gasteiger partial charge >= 0.3 is 0 Å². The molecule has 0 atom stereocenters. The highest BCUT2D eigenvalue weighted by molar-refractivity contribution is 7.14. The minimum absolute atomic E-state index is 0.000846. The van der Waals surface area contributed by atoms with Crippen LogP contribution in [-0.2, 0) is 0 Å². The van der Waals surface area contributed by atoms with E-state index >= 15 is 0 Å². The molecule has 0 saturated carbocycles. The number of hydrogen-bond donors (Lipinski definition) is 5. The number of aliphatic hydroxyl groups excluding tert-OH is 1. The number of aliphatic imine (C=N–C) groups is 1. The number of rotatable bonds is 5. The lowest BCUT2D eigenvalue weighted by Gasteiger charge is -2.22. The summed E-state index contributed by atoms with van der Waals surface area (Å²) in [5.74, 6) is -0.180. The SMILES string of the molecule is N#CN=C(N)N(CCO)c1cccc(-c2csc(NC(=N)N)n2)c1. The van der Waals surface area contributed by atoms with Crippen molar-refractivity contribution in [2.45, 2.75) is 0 Å². The predicted molar refractivity (Wildman–Crippen MR) is 94.8 cm³/mol. The third-order valence-corrected chi connectivity index (χ3v) is 3.72. The molecule has 0 bridgehead atoms. The van der Waals surface area contributed by atoms with Gasteiger partial charge in [-0.2, -0.15) is 5.26 Å². The maximum atomic E-state index is 9.20. The first-order valence-electron chi connectivity index (χ1n) is 6.82. The van der Waals surface area contributed by atoms with E-state index in [0.29, 0.717) is 16.5 Å². The lowest BCUT2D eigenvalue weighted by Crippen LogP contribution is -2.39. The van der Waals surface area contributed by atoms with Gasteiger partial charge in [-0.3, -0.25) is 5.41 Å². The van der Waals surface area contributed by atoms with Crippen LogP contribution >= 0.6 is 11.3 Å². The van der Waals surface area contributed by atoms with E-state index in [9.17, 15) is 5.11 Å². The van der Waals surface area contributed by atoms with Crippen LogP contribution in [0.3, 0.4) is 0 Å². The third-order valence-electron chi connectivity index (χ3n) is 2.96. The van der Waals surface area contributed by atoms with Gasteiger partial charge in [-0.25, -0.2) is 4.98 Å². The first-order chi connectivity index (χ1) is 11.5. The highest BCUT2D eigenvalue weighted by Crippen LogP contribution is 2.27. The Kier molecular flexibility index (Phi) is 5.67. The number of guanidine groups is 2. The molecule has 0 aliphatic heterocycles. The van der Waals surface area contributed by atoms with E-state index in [4.69, 9.17) is 22.1 Å². The normalized spacial score (nSPS) is 10.9. The van der Waals surface area contributed by atoms with Gasteiger partial charge in [-0.1, -0.05) is 12.1 Å². The Balaban J connectivity index is 2.33. The average molecular weight is 344 g/mol. The summed E-state index contributed by atoms with van der Waals surface area (Å²) in [5, 5.41) is 30.1. The number of hydrogen-bond acceptors (Lipinski definition) is 6. The number of nitrogens with two attached hydrogens (primary N) is 2. The van der Waals surface area contributed by atoms with Gasteiger partial charge in [-0.05, 0) is 12.1 Å². The Labute approximate surface area is 142 Å². The molecule has 0 amide bonds. The zero-order valence-corrected chi connectivity index (χ0v) is 13.4. The van der Waals surface area contributed by atoms with Gasteiger partial charge in [0, 0.05) is 23.2 Å². The molecule has 7 N–H and O–H groups in total. The first kappa shape index (κ1) is 17.2. The van der Waals surface area contributed by atoms with Crippen LogP contribution in [0.15, 0.2) is 34.6 Å². The Morgan fingerprint density at radius 2 is 2.29 bits per heavy atom. The maximum Gasteiger partial charge on any atom is 0.211 e. The van der Waals surface area contributed by atoms with Gasteiger partial charge in [0.1, 0.15) is 0 Å². The van der Waals surface area contributed by atoms with E-state index in [1.165, 1.54) is 16.2 Å². The highest BCUT2D eigenvalue weighted by atomic mass is 32.1. The largest absolute Gasteiger partial charge is 0.395 e. The molecule has 0 unspecified atom stereocenters. The molecule has 24 heavy (non-hydrogen) atoms. The van der Waals surface area contributed by atoms with E-state index in [2.05, 4.69) is 15.3 Å². The van der Waals surface area contributed by atoms with Crippen molar-refractivity contribution in [3.05, 3.63) is 29.6 Å². The molecule has 0 spiro atoms. The summed E-state index contributed by atoms with van der Waals surface area (Å²) in [4.78, 5) is 9.40.